The third kappa shape index (κ3) is 4.80. The molecule has 0 radical (unpaired) electrons. The molecule has 4 rings (SSSR count). The summed E-state index contributed by atoms with van der Waals surface area (Å²) in [6.45, 7) is 5.91. The van der Waals surface area contributed by atoms with Crippen LogP contribution in [0.25, 0.3) is 0 Å². The Labute approximate surface area is 180 Å². The highest BCUT2D eigenvalue weighted by atomic mass is 32.1. The van der Waals surface area contributed by atoms with E-state index in [0.717, 1.165) is 69.5 Å². The third-order valence-electron chi connectivity index (χ3n) is 5.42. The van der Waals surface area contributed by atoms with Crippen molar-refractivity contribution in [2.75, 3.05) is 56.7 Å². The summed E-state index contributed by atoms with van der Waals surface area (Å²) in [6.07, 6.45) is 2.32. The summed E-state index contributed by atoms with van der Waals surface area (Å²) in [7, 11) is 1.59. The highest BCUT2D eigenvalue weighted by molar-refractivity contribution is 7.14. The third-order valence-corrected chi connectivity index (χ3v) is 6.32. The Bertz CT molecular complexity index is 904. The second-order valence-corrected chi connectivity index (χ2v) is 8.35. The first-order valence-corrected chi connectivity index (χ1v) is 11.2. The number of carbonyl (C=O) groups is 2. The average Bonchev–Trinajstić information content (AvgIpc) is 3.47. The molecule has 0 aliphatic carbocycles. The van der Waals surface area contributed by atoms with Gasteiger partial charge < -0.3 is 20.3 Å². The zero-order chi connectivity index (χ0) is 20.9. The van der Waals surface area contributed by atoms with E-state index in [4.69, 9.17) is 4.74 Å². The Morgan fingerprint density at radius 3 is 2.63 bits per heavy atom. The number of amides is 2. The summed E-state index contributed by atoms with van der Waals surface area (Å²) >= 11 is 1.48. The quantitative estimate of drug-likeness (QED) is 0.732. The maximum absolute atomic E-state index is 12.8. The van der Waals surface area contributed by atoms with Crippen LogP contribution in [0.2, 0.25) is 0 Å². The highest BCUT2D eigenvalue weighted by Crippen LogP contribution is 2.25. The number of nitrogens with one attached hydrogen (secondary N) is 2. The Hall–Kier alpha value is -2.49. The average molecular weight is 430 g/mol. The van der Waals surface area contributed by atoms with Crippen molar-refractivity contribution in [1.29, 1.82) is 0 Å². The van der Waals surface area contributed by atoms with Crippen LogP contribution < -0.4 is 15.5 Å². The number of rotatable bonds is 6. The lowest BCUT2D eigenvalue weighted by Crippen LogP contribution is -2.35. The molecule has 9 heteroatoms. The van der Waals surface area contributed by atoms with Gasteiger partial charge in [0.25, 0.3) is 11.8 Å². The largest absolute Gasteiger partial charge is 0.379 e. The summed E-state index contributed by atoms with van der Waals surface area (Å²) in [5.74, 6) is -0.534. The van der Waals surface area contributed by atoms with E-state index in [2.05, 4.69) is 25.4 Å². The molecule has 2 amide bonds. The summed E-state index contributed by atoms with van der Waals surface area (Å²) in [4.78, 5) is 34.2. The van der Waals surface area contributed by atoms with Crippen LogP contribution in [0.5, 0.6) is 0 Å². The number of nitrogens with zero attached hydrogens (tertiary/aromatic N) is 3. The van der Waals surface area contributed by atoms with Crippen LogP contribution in [0.1, 0.15) is 39.3 Å². The van der Waals surface area contributed by atoms with Gasteiger partial charge >= 0.3 is 0 Å². The molecule has 8 nitrogen and oxygen atoms in total. The maximum atomic E-state index is 12.8. The van der Waals surface area contributed by atoms with Crippen LogP contribution in [0.4, 0.5) is 10.8 Å². The van der Waals surface area contributed by atoms with Gasteiger partial charge in [0.05, 0.1) is 24.5 Å². The first kappa shape index (κ1) is 20.8. The maximum Gasteiger partial charge on any atom is 0.275 e. The van der Waals surface area contributed by atoms with E-state index in [0.29, 0.717) is 16.9 Å². The molecule has 3 heterocycles. The molecule has 0 atom stereocenters. The molecule has 2 N–H and O–H groups in total. The zero-order valence-corrected chi connectivity index (χ0v) is 18.0. The molecule has 1 aromatic heterocycles. The van der Waals surface area contributed by atoms with Crippen LogP contribution in [-0.4, -0.2) is 68.1 Å². The Kier molecular flexibility index (Phi) is 6.61. The minimum absolute atomic E-state index is 0.231. The lowest BCUT2D eigenvalue weighted by molar-refractivity contribution is 0.0342. The molecular formula is C21H27N5O3S. The molecule has 2 aliphatic heterocycles. The van der Waals surface area contributed by atoms with Gasteiger partial charge in [0.15, 0.2) is 5.13 Å². The van der Waals surface area contributed by atoms with E-state index in [1.54, 1.807) is 18.5 Å². The van der Waals surface area contributed by atoms with E-state index in [-0.39, 0.29) is 11.8 Å². The van der Waals surface area contributed by atoms with Crippen LogP contribution in [-0.2, 0) is 11.3 Å². The predicted molar refractivity (Wildman–Crippen MR) is 117 cm³/mol. The summed E-state index contributed by atoms with van der Waals surface area (Å²) in [5.41, 5.74) is 2.34. The summed E-state index contributed by atoms with van der Waals surface area (Å²) < 4.78 is 5.39. The monoisotopic (exact) mass is 429 g/mol. The van der Waals surface area contributed by atoms with Crippen LogP contribution >= 0.6 is 11.3 Å². The normalized spacial score (nSPS) is 17.2. The fourth-order valence-corrected chi connectivity index (χ4v) is 4.61. The number of morpholine rings is 1. The van der Waals surface area contributed by atoms with Crippen LogP contribution in [0, 0.1) is 0 Å². The van der Waals surface area contributed by atoms with Crippen molar-refractivity contribution in [1.82, 2.24) is 15.2 Å². The van der Waals surface area contributed by atoms with Crippen molar-refractivity contribution in [3.63, 3.8) is 0 Å². The van der Waals surface area contributed by atoms with Gasteiger partial charge in [-0.2, -0.15) is 0 Å². The van der Waals surface area contributed by atoms with Gasteiger partial charge in [-0.3, -0.25) is 14.5 Å². The van der Waals surface area contributed by atoms with Crippen molar-refractivity contribution in [2.24, 2.45) is 0 Å². The first-order valence-electron chi connectivity index (χ1n) is 10.3. The molecule has 2 aromatic rings. The van der Waals surface area contributed by atoms with Crippen molar-refractivity contribution >= 4 is 34.0 Å². The standard InChI is InChI=1S/C21H27N5O3S/c1-22-19(27)16-12-15(13-25-8-10-29-11-9-25)4-5-17(16)23-20(28)18-14-30-21(24-18)26-6-2-3-7-26/h4-5,12,14H,2-3,6-11,13H2,1H3,(H,22,27)(H,23,28). The van der Waals surface area contributed by atoms with Crippen molar-refractivity contribution < 1.29 is 14.3 Å². The molecule has 0 spiro atoms. The van der Waals surface area contributed by atoms with Gasteiger partial charge in [-0.05, 0) is 30.5 Å². The van der Waals surface area contributed by atoms with Crippen LogP contribution in [0.3, 0.4) is 0 Å². The smallest absolute Gasteiger partial charge is 0.275 e. The van der Waals surface area contributed by atoms with Gasteiger partial charge in [0.2, 0.25) is 0 Å². The molecule has 0 bridgehead atoms. The lowest BCUT2D eigenvalue weighted by atomic mass is 10.1. The van der Waals surface area contributed by atoms with E-state index in [1.807, 2.05) is 12.1 Å². The van der Waals surface area contributed by atoms with Gasteiger partial charge in [0, 0.05) is 45.2 Å². The second-order valence-electron chi connectivity index (χ2n) is 7.51. The van der Waals surface area contributed by atoms with Crippen molar-refractivity contribution in [2.45, 2.75) is 19.4 Å². The van der Waals surface area contributed by atoms with Gasteiger partial charge in [-0.15, -0.1) is 11.3 Å². The summed E-state index contributed by atoms with van der Waals surface area (Å²) in [6, 6.07) is 5.60. The SMILES string of the molecule is CNC(=O)c1cc(CN2CCOCC2)ccc1NC(=O)c1csc(N2CCCC2)n1. The molecule has 0 saturated carbocycles. The van der Waals surface area contributed by atoms with Gasteiger partial charge in [0.1, 0.15) is 5.69 Å². The molecule has 2 saturated heterocycles. The van der Waals surface area contributed by atoms with Crippen molar-refractivity contribution in [3.05, 3.63) is 40.4 Å². The number of aromatic nitrogens is 1. The lowest BCUT2D eigenvalue weighted by Gasteiger charge is -2.26. The van der Waals surface area contributed by atoms with E-state index in [1.165, 1.54) is 11.3 Å². The fraction of sp³-hybridized carbons (Fsp3) is 0.476. The number of hydrogen-bond donors (Lipinski definition) is 2. The number of hydrogen-bond acceptors (Lipinski definition) is 7. The van der Waals surface area contributed by atoms with Crippen LogP contribution in [0.15, 0.2) is 23.6 Å². The fourth-order valence-electron chi connectivity index (χ4n) is 3.75. The second kappa shape index (κ2) is 9.55. The topological polar surface area (TPSA) is 86.8 Å². The van der Waals surface area contributed by atoms with Gasteiger partial charge in [-0.25, -0.2) is 4.98 Å². The molecule has 0 unspecified atom stereocenters. The number of carbonyl (C=O) groups excluding carboxylic acids is 2. The van der Waals surface area contributed by atoms with E-state index < -0.39 is 0 Å². The number of benzene rings is 1. The minimum Gasteiger partial charge on any atom is -0.379 e. The number of thiazole rings is 1. The number of anilines is 2. The Balaban J connectivity index is 1.49. The highest BCUT2D eigenvalue weighted by Gasteiger charge is 2.20. The zero-order valence-electron chi connectivity index (χ0n) is 17.1. The van der Waals surface area contributed by atoms with E-state index in [9.17, 15) is 9.59 Å². The Morgan fingerprint density at radius 2 is 1.90 bits per heavy atom. The molecule has 2 aliphatic rings. The number of ether oxygens (including phenoxy) is 1. The van der Waals surface area contributed by atoms with Gasteiger partial charge in [-0.1, -0.05) is 6.07 Å². The molecule has 30 heavy (non-hydrogen) atoms. The van der Waals surface area contributed by atoms with Crippen molar-refractivity contribution in [3.8, 4) is 0 Å². The first-order chi connectivity index (χ1) is 14.6. The molecule has 2 fully saturated rings. The predicted octanol–water partition coefficient (Wildman–Crippen LogP) is 2.19. The molecule has 160 valence electrons. The van der Waals surface area contributed by atoms with E-state index >= 15 is 0 Å². The summed E-state index contributed by atoms with van der Waals surface area (Å²) in [5, 5.41) is 8.18. The Morgan fingerprint density at radius 1 is 1.13 bits per heavy atom. The molecular weight excluding hydrogens is 402 g/mol. The minimum atomic E-state index is -0.303. The molecule has 1 aromatic carbocycles.